The third-order valence-corrected chi connectivity index (χ3v) is 7.65. The summed E-state index contributed by atoms with van der Waals surface area (Å²) in [4.78, 5) is 0. The Kier molecular flexibility index (Phi) is 3.53. The van der Waals surface area contributed by atoms with Crippen LogP contribution in [0.15, 0.2) is 6.20 Å². The van der Waals surface area contributed by atoms with Crippen molar-refractivity contribution < 1.29 is 4.74 Å². The topological polar surface area (TPSA) is 27.1 Å². The van der Waals surface area contributed by atoms with Crippen LogP contribution in [0.4, 0.5) is 0 Å². The van der Waals surface area contributed by atoms with Crippen LogP contribution in [-0.4, -0.2) is 22.0 Å². The van der Waals surface area contributed by atoms with Gasteiger partial charge in [-0.25, -0.2) is 0 Å². The van der Waals surface area contributed by atoms with Crippen LogP contribution in [0.25, 0.3) is 0 Å². The van der Waals surface area contributed by atoms with E-state index in [1.165, 1.54) is 47.8 Å². The fraction of sp³-hybridized carbons (Fsp3) is 0.789. The first-order valence-electron chi connectivity index (χ1n) is 8.81. The number of aromatic nitrogens is 2. The highest BCUT2D eigenvalue weighted by atomic mass is 127. The van der Waals surface area contributed by atoms with Gasteiger partial charge in [0.15, 0.2) is 0 Å². The standard InChI is InChI=1S/C19H28IN2O/c1-5-23-19-10-16(3)7-17(4,11-19)9-18(8-16,12-19)13-22-14(2)15(20)6-21-22/h6H,1,5,7-13H2,2-4H3. The minimum Gasteiger partial charge on any atom is -0.375 e. The van der Waals surface area contributed by atoms with Crippen molar-refractivity contribution in [2.45, 2.75) is 71.4 Å². The van der Waals surface area contributed by atoms with Gasteiger partial charge in [0.2, 0.25) is 0 Å². The summed E-state index contributed by atoms with van der Waals surface area (Å²) in [6, 6.07) is 0. The van der Waals surface area contributed by atoms with Crippen LogP contribution < -0.4 is 0 Å². The van der Waals surface area contributed by atoms with E-state index in [4.69, 9.17) is 4.74 Å². The van der Waals surface area contributed by atoms with Crippen molar-refractivity contribution in [1.29, 1.82) is 0 Å². The quantitative estimate of drug-likeness (QED) is 0.648. The largest absolute Gasteiger partial charge is 0.375 e. The number of hydrogen-bond donors (Lipinski definition) is 0. The minimum absolute atomic E-state index is 0.0637. The third-order valence-electron chi connectivity index (χ3n) is 6.59. The molecule has 2 unspecified atom stereocenters. The monoisotopic (exact) mass is 427 g/mol. The summed E-state index contributed by atoms with van der Waals surface area (Å²) < 4.78 is 9.85. The average Bonchev–Trinajstić information content (AvgIpc) is 2.65. The molecule has 1 aromatic heterocycles. The molecule has 4 heteroatoms. The summed E-state index contributed by atoms with van der Waals surface area (Å²) in [6.45, 7) is 12.8. The lowest BCUT2D eigenvalue weighted by atomic mass is 9.39. The van der Waals surface area contributed by atoms with E-state index in [2.05, 4.69) is 60.1 Å². The molecule has 1 radical (unpaired) electrons. The lowest BCUT2D eigenvalue weighted by molar-refractivity contribution is -0.245. The van der Waals surface area contributed by atoms with Gasteiger partial charge in [-0.15, -0.1) is 0 Å². The van der Waals surface area contributed by atoms with Gasteiger partial charge in [0.05, 0.1) is 15.4 Å². The summed E-state index contributed by atoms with van der Waals surface area (Å²) >= 11 is 2.39. The average molecular weight is 427 g/mol. The first-order valence-corrected chi connectivity index (χ1v) is 9.89. The fourth-order valence-corrected chi connectivity index (χ4v) is 7.67. The van der Waals surface area contributed by atoms with Crippen molar-refractivity contribution in [3.63, 3.8) is 0 Å². The summed E-state index contributed by atoms with van der Waals surface area (Å²) in [5, 5.41) is 4.66. The van der Waals surface area contributed by atoms with Gasteiger partial charge in [-0.1, -0.05) is 13.8 Å². The first-order chi connectivity index (χ1) is 10.7. The summed E-state index contributed by atoms with van der Waals surface area (Å²) in [5.41, 5.74) is 2.56. The van der Waals surface area contributed by atoms with E-state index in [9.17, 15) is 0 Å². The van der Waals surface area contributed by atoms with Crippen LogP contribution in [0.2, 0.25) is 0 Å². The van der Waals surface area contributed by atoms with Gasteiger partial charge >= 0.3 is 0 Å². The Labute approximate surface area is 153 Å². The fourth-order valence-electron chi connectivity index (χ4n) is 7.27. The molecule has 0 amide bonds. The molecule has 4 aliphatic rings. The van der Waals surface area contributed by atoms with Gasteiger partial charge in [-0.2, -0.15) is 5.10 Å². The molecule has 1 heterocycles. The maximum Gasteiger partial charge on any atom is 0.0698 e. The molecule has 127 valence electrons. The molecule has 0 aliphatic heterocycles. The van der Waals surface area contributed by atoms with Gasteiger partial charge in [-0.3, -0.25) is 4.68 Å². The normalized spacial score (nSPS) is 44.9. The zero-order valence-electron chi connectivity index (χ0n) is 14.6. The van der Waals surface area contributed by atoms with Gasteiger partial charge < -0.3 is 4.74 Å². The number of ether oxygens (including phenoxy) is 1. The highest BCUT2D eigenvalue weighted by Crippen LogP contribution is 2.71. The van der Waals surface area contributed by atoms with Crippen molar-refractivity contribution in [1.82, 2.24) is 9.78 Å². The van der Waals surface area contributed by atoms with Crippen LogP contribution in [0.1, 0.15) is 58.1 Å². The molecular weight excluding hydrogens is 399 g/mol. The van der Waals surface area contributed by atoms with E-state index in [1.54, 1.807) is 0 Å². The molecule has 0 aromatic carbocycles. The third kappa shape index (κ3) is 2.59. The van der Waals surface area contributed by atoms with Crippen LogP contribution in [0, 0.1) is 33.7 Å². The van der Waals surface area contributed by atoms with Crippen LogP contribution in [0.5, 0.6) is 0 Å². The van der Waals surface area contributed by atoms with Crippen LogP contribution in [0.3, 0.4) is 0 Å². The molecular formula is C19H28IN2O. The maximum atomic E-state index is 6.33. The number of hydrogen-bond acceptors (Lipinski definition) is 2. The van der Waals surface area contributed by atoms with E-state index in [0.29, 0.717) is 22.9 Å². The lowest BCUT2D eigenvalue weighted by Crippen LogP contribution is -2.64. The predicted octanol–water partition coefficient (Wildman–Crippen LogP) is 4.77. The first kappa shape index (κ1) is 16.4. The number of halogens is 1. The van der Waals surface area contributed by atoms with Crippen molar-refractivity contribution >= 4 is 22.6 Å². The summed E-state index contributed by atoms with van der Waals surface area (Å²) in [7, 11) is 0. The molecule has 4 aliphatic carbocycles. The molecule has 3 nitrogen and oxygen atoms in total. The number of rotatable bonds is 4. The van der Waals surface area contributed by atoms with Crippen LogP contribution >= 0.6 is 22.6 Å². The van der Waals surface area contributed by atoms with Gasteiger partial charge in [-0.05, 0) is 91.2 Å². The molecule has 4 fully saturated rings. The molecule has 5 rings (SSSR count). The second kappa shape index (κ2) is 4.96. The second-order valence-corrected chi connectivity index (χ2v) is 10.6. The molecule has 0 N–H and O–H groups in total. The Morgan fingerprint density at radius 2 is 1.83 bits per heavy atom. The maximum absolute atomic E-state index is 6.33. The zero-order valence-corrected chi connectivity index (χ0v) is 16.8. The van der Waals surface area contributed by atoms with Crippen LogP contribution in [-0.2, 0) is 11.3 Å². The second-order valence-electron chi connectivity index (χ2n) is 9.45. The van der Waals surface area contributed by atoms with Gasteiger partial charge in [0.1, 0.15) is 0 Å². The van der Waals surface area contributed by atoms with E-state index >= 15 is 0 Å². The van der Waals surface area contributed by atoms with Crippen molar-refractivity contribution in [3.05, 3.63) is 22.4 Å². The molecule has 2 atom stereocenters. The Morgan fingerprint density at radius 1 is 1.17 bits per heavy atom. The van der Waals surface area contributed by atoms with E-state index < -0.39 is 0 Å². The highest BCUT2D eigenvalue weighted by Gasteiger charge is 2.66. The number of nitrogens with zero attached hydrogens (tertiary/aromatic N) is 2. The molecule has 0 saturated heterocycles. The summed E-state index contributed by atoms with van der Waals surface area (Å²) in [5.74, 6) is 0. The predicted molar refractivity (Wildman–Crippen MR) is 100 cm³/mol. The summed E-state index contributed by atoms with van der Waals surface area (Å²) in [6.07, 6.45) is 9.66. The molecule has 23 heavy (non-hydrogen) atoms. The van der Waals surface area contributed by atoms with Gasteiger partial charge in [0.25, 0.3) is 0 Å². The van der Waals surface area contributed by atoms with Crippen molar-refractivity contribution in [2.75, 3.05) is 6.61 Å². The SMILES string of the molecule is [CH2]COC12CC3(C)CC(C)(CC(Cn4ncc(I)c4C)(C3)C1)C2. The van der Waals surface area contributed by atoms with Crippen molar-refractivity contribution in [3.8, 4) is 0 Å². The highest BCUT2D eigenvalue weighted by molar-refractivity contribution is 14.1. The van der Waals surface area contributed by atoms with Crippen molar-refractivity contribution in [2.24, 2.45) is 16.2 Å². The molecule has 4 saturated carbocycles. The van der Waals surface area contributed by atoms with E-state index in [0.717, 1.165) is 6.54 Å². The lowest BCUT2D eigenvalue weighted by Gasteiger charge is -2.69. The Hall–Kier alpha value is -0.100. The minimum atomic E-state index is 0.0637. The van der Waals surface area contributed by atoms with E-state index in [1.807, 2.05) is 6.20 Å². The smallest absolute Gasteiger partial charge is 0.0698 e. The Morgan fingerprint density at radius 3 is 2.35 bits per heavy atom. The molecule has 0 spiro atoms. The van der Waals surface area contributed by atoms with E-state index in [-0.39, 0.29) is 5.60 Å². The zero-order chi connectivity index (χ0) is 16.5. The molecule has 1 aromatic rings. The molecule has 4 bridgehead atoms. The Balaban J connectivity index is 1.72. The Bertz CT molecular complexity index is 619. The van der Waals surface area contributed by atoms with Gasteiger partial charge in [0, 0.05) is 18.8 Å².